The van der Waals surface area contributed by atoms with Gasteiger partial charge in [-0.15, -0.1) is 0 Å². The Hall–Kier alpha value is -2.34. The van der Waals surface area contributed by atoms with Crippen molar-refractivity contribution in [3.05, 3.63) is 58.6 Å². The molecule has 1 amide bonds. The molecule has 0 saturated heterocycles. The number of nitrogens with zero attached hydrogens (tertiary/aromatic N) is 1. The van der Waals surface area contributed by atoms with Gasteiger partial charge in [-0.25, -0.2) is 5.43 Å². The maximum atomic E-state index is 12.0. The molecule has 2 aromatic rings. The number of nitrogens with one attached hydrogen (secondary N) is 2. The number of anilines is 1. The topological polar surface area (TPSA) is 62.7 Å². The van der Waals surface area contributed by atoms with Crippen LogP contribution < -0.4 is 15.5 Å². The lowest BCUT2D eigenvalue weighted by Gasteiger charge is -2.13. The molecule has 0 aliphatic rings. The van der Waals surface area contributed by atoms with E-state index in [1.807, 2.05) is 48.5 Å². The Balaban J connectivity index is 1.85. The molecule has 2 rings (SSSR count). The first-order chi connectivity index (χ1) is 11.1. The number of hydrogen-bond donors (Lipinski definition) is 2. The average Bonchev–Trinajstić information content (AvgIpc) is 2.57. The fourth-order valence-electron chi connectivity index (χ4n) is 1.82. The molecule has 2 aromatic carbocycles. The summed E-state index contributed by atoms with van der Waals surface area (Å²) in [6.07, 6.45) is 1.60. The zero-order valence-electron chi connectivity index (χ0n) is 12.9. The molecule has 0 heterocycles. The zero-order chi connectivity index (χ0) is 16.7. The van der Waals surface area contributed by atoms with Crippen LogP contribution in [0.25, 0.3) is 0 Å². The Bertz CT molecular complexity index is 669. The minimum Gasteiger partial charge on any atom is -0.497 e. The van der Waals surface area contributed by atoms with E-state index in [1.165, 1.54) is 0 Å². The molecule has 5 nitrogen and oxygen atoms in total. The summed E-state index contributed by atoms with van der Waals surface area (Å²) in [5, 5.41) is 7.06. The van der Waals surface area contributed by atoms with Crippen molar-refractivity contribution < 1.29 is 9.53 Å². The molecule has 1 atom stereocenters. The SMILES string of the molecule is COc1ccc(N[C@H](C)C(=O)N/N=C\c2ccc(Br)cc2)cc1. The van der Waals surface area contributed by atoms with Gasteiger partial charge in [-0.2, -0.15) is 5.10 Å². The predicted octanol–water partition coefficient (Wildman–Crippen LogP) is 3.41. The van der Waals surface area contributed by atoms with Gasteiger partial charge in [0.15, 0.2) is 0 Å². The van der Waals surface area contributed by atoms with Crippen LogP contribution in [0, 0.1) is 0 Å². The molecule has 120 valence electrons. The third-order valence-corrected chi connectivity index (χ3v) is 3.65. The van der Waals surface area contributed by atoms with Crippen LogP contribution in [0.4, 0.5) is 5.69 Å². The van der Waals surface area contributed by atoms with Crippen LogP contribution in [0.1, 0.15) is 12.5 Å². The second-order valence-electron chi connectivity index (χ2n) is 4.88. The van der Waals surface area contributed by atoms with Crippen molar-refractivity contribution >= 4 is 33.7 Å². The van der Waals surface area contributed by atoms with Crippen molar-refractivity contribution in [2.24, 2.45) is 5.10 Å². The quantitative estimate of drug-likeness (QED) is 0.600. The third kappa shape index (κ3) is 5.41. The second-order valence-corrected chi connectivity index (χ2v) is 5.80. The van der Waals surface area contributed by atoms with Crippen LogP contribution in [0.2, 0.25) is 0 Å². The maximum absolute atomic E-state index is 12.0. The van der Waals surface area contributed by atoms with Crippen LogP contribution in [0.15, 0.2) is 58.1 Å². The summed E-state index contributed by atoms with van der Waals surface area (Å²) in [5.41, 5.74) is 4.26. The van der Waals surface area contributed by atoms with Crippen LogP contribution >= 0.6 is 15.9 Å². The van der Waals surface area contributed by atoms with Crippen molar-refractivity contribution in [1.82, 2.24) is 5.43 Å². The van der Waals surface area contributed by atoms with E-state index in [-0.39, 0.29) is 5.91 Å². The molecule has 0 fully saturated rings. The number of amides is 1. The molecule has 6 heteroatoms. The number of rotatable bonds is 6. The van der Waals surface area contributed by atoms with Gasteiger partial charge in [0.2, 0.25) is 0 Å². The summed E-state index contributed by atoms with van der Waals surface area (Å²) in [6, 6.07) is 14.6. The van der Waals surface area contributed by atoms with E-state index in [0.717, 1.165) is 21.5 Å². The van der Waals surface area contributed by atoms with E-state index in [0.29, 0.717) is 0 Å². The molecule has 0 aliphatic carbocycles. The Kier molecular flexibility index (Phi) is 6.17. The second kappa shape index (κ2) is 8.33. The highest BCUT2D eigenvalue weighted by atomic mass is 79.9. The summed E-state index contributed by atoms with van der Waals surface area (Å²) in [6.45, 7) is 1.77. The average molecular weight is 376 g/mol. The lowest BCUT2D eigenvalue weighted by molar-refractivity contribution is -0.121. The summed E-state index contributed by atoms with van der Waals surface area (Å²) in [4.78, 5) is 12.0. The highest BCUT2D eigenvalue weighted by Gasteiger charge is 2.11. The van der Waals surface area contributed by atoms with Crippen LogP contribution in [0.5, 0.6) is 5.75 Å². The first kappa shape index (κ1) is 17.0. The molecule has 0 radical (unpaired) electrons. The minimum absolute atomic E-state index is 0.214. The van der Waals surface area contributed by atoms with Crippen molar-refractivity contribution in [1.29, 1.82) is 0 Å². The first-order valence-electron chi connectivity index (χ1n) is 7.07. The van der Waals surface area contributed by atoms with E-state index in [1.54, 1.807) is 20.2 Å². The number of hydrogen-bond acceptors (Lipinski definition) is 4. The molecule has 0 aliphatic heterocycles. The standard InChI is InChI=1S/C17H18BrN3O2/c1-12(20-15-7-9-16(23-2)10-8-15)17(22)21-19-11-13-3-5-14(18)6-4-13/h3-12,20H,1-2H3,(H,21,22)/b19-11-/t12-/m1/s1. The lowest BCUT2D eigenvalue weighted by Crippen LogP contribution is -2.34. The number of ether oxygens (including phenoxy) is 1. The summed E-state index contributed by atoms with van der Waals surface area (Å²) in [5.74, 6) is 0.556. The molecular weight excluding hydrogens is 358 g/mol. The zero-order valence-corrected chi connectivity index (χ0v) is 14.5. The van der Waals surface area contributed by atoms with Gasteiger partial charge in [-0.1, -0.05) is 28.1 Å². The van der Waals surface area contributed by atoms with Crippen LogP contribution in [0.3, 0.4) is 0 Å². The summed E-state index contributed by atoms with van der Waals surface area (Å²) >= 11 is 3.37. The van der Waals surface area contributed by atoms with Crippen molar-refractivity contribution in [3.8, 4) is 5.75 Å². The number of halogens is 1. The van der Waals surface area contributed by atoms with Gasteiger partial charge < -0.3 is 10.1 Å². The Labute approximate surface area is 143 Å². The van der Waals surface area contributed by atoms with E-state index in [2.05, 4.69) is 31.8 Å². The fourth-order valence-corrected chi connectivity index (χ4v) is 2.08. The Morgan fingerprint density at radius 1 is 1.17 bits per heavy atom. The molecule has 0 aromatic heterocycles. The Morgan fingerprint density at radius 2 is 1.83 bits per heavy atom. The minimum atomic E-state index is -0.412. The van der Waals surface area contributed by atoms with Crippen molar-refractivity contribution in [2.75, 3.05) is 12.4 Å². The normalized spacial score (nSPS) is 12.0. The molecule has 0 saturated carbocycles. The van der Waals surface area contributed by atoms with Gasteiger partial charge in [0, 0.05) is 10.2 Å². The number of hydrazone groups is 1. The van der Waals surface area contributed by atoms with E-state index in [9.17, 15) is 4.79 Å². The van der Waals surface area contributed by atoms with Crippen LogP contribution in [-0.2, 0) is 4.79 Å². The Morgan fingerprint density at radius 3 is 2.43 bits per heavy atom. The van der Waals surface area contributed by atoms with Crippen molar-refractivity contribution in [2.45, 2.75) is 13.0 Å². The molecule has 0 bridgehead atoms. The smallest absolute Gasteiger partial charge is 0.262 e. The van der Waals surface area contributed by atoms with Gasteiger partial charge >= 0.3 is 0 Å². The van der Waals surface area contributed by atoms with E-state index < -0.39 is 6.04 Å². The number of carbonyl (C=O) groups excluding carboxylic acids is 1. The van der Waals surface area contributed by atoms with E-state index in [4.69, 9.17) is 4.74 Å². The number of carbonyl (C=O) groups is 1. The molecule has 23 heavy (non-hydrogen) atoms. The predicted molar refractivity (Wildman–Crippen MR) is 96.0 cm³/mol. The van der Waals surface area contributed by atoms with E-state index >= 15 is 0 Å². The van der Waals surface area contributed by atoms with Crippen molar-refractivity contribution in [3.63, 3.8) is 0 Å². The molecule has 0 unspecified atom stereocenters. The van der Waals surface area contributed by atoms with Gasteiger partial charge in [0.25, 0.3) is 5.91 Å². The third-order valence-electron chi connectivity index (χ3n) is 3.12. The molecular formula is C17H18BrN3O2. The first-order valence-corrected chi connectivity index (χ1v) is 7.87. The summed E-state index contributed by atoms with van der Waals surface area (Å²) < 4.78 is 6.09. The lowest BCUT2D eigenvalue weighted by atomic mass is 10.2. The number of benzene rings is 2. The molecule has 0 spiro atoms. The monoisotopic (exact) mass is 375 g/mol. The fraction of sp³-hybridized carbons (Fsp3) is 0.176. The van der Waals surface area contributed by atoms with Gasteiger partial charge in [-0.3, -0.25) is 4.79 Å². The highest BCUT2D eigenvalue weighted by molar-refractivity contribution is 9.10. The maximum Gasteiger partial charge on any atom is 0.262 e. The number of methoxy groups -OCH3 is 1. The van der Waals surface area contributed by atoms with Gasteiger partial charge in [-0.05, 0) is 48.9 Å². The van der Waals surface area contributed by atoms with Crippen LogP contribution in [-0.4, -0.2) is 25.3 Å². The summed E-state index contributed by atoms with van der Waals surface area (Å²) in [7, 11) is 1.61. The van der Waals surface area contributed by atoms with Gasteiger partial charge in [0.05, 0.1) is 13.3 Å². The largest absolute Gasteiger partial charge is 0.497 e. The highest BCUT2D eigenvalue weighted by Crippen LogP contribution is 2.15. The molecule has 2 N–H and O–H groups in total. The van der Waals surface area contributed by atoms with Gasteiger partial charge in [0.1, 0.15) is 11.8 Å².